The van der Waals surface area contributed by atoms with Gasteiger partial charge in [-0.1, -0.05) is 13.8 Å². The van der Waals surface area contributed by atoms with Crippen molar-refractivity contribution in [2.45, 2.75) is 19.8 Å². The van der Waals surface area contributed by atoms with Crippen LogP contribution in [0.15, 0.2) is 22.6 Å². The molecule has 2 nitrogen and oxygen atoms in total. The Balaban J connectivity index is 0.000000845. The van der Waals surface area contributed by atoms with Gasteiger partial charge in [-0.05, 0) is 5.52 Å². The summed E-state index contributed by atoms with van der Waals surface area (Å²) in [6.45, 7) is 4.13. The van der Waals surface area contributed by atoms with E-state index in [1.807, 2.05) is 18.2 Å². The number of hydrogen-bond acceptors (Lipinski definition) is 2. The van der Waals surface area contributed by atoms with Crippen LogP contribution in [0, 0.1) is 6.07 Å². The normalized spacial score (nSPS) is 10.4. The van der Waals surface area contributed by atoms with Crippen LogP contribution in [-0.4, -0.2) is 4.98 Å². The SMILES string of the molecule is CC(C)c1nc2cc[c-]cc2o1.[Y]. The van der Waals surface area contributed by atoms with Crippen LogP contribution in [-0.2, 0) is 32.7 Å². The molecule has 1 aromatic carbocycles. The van der Waals surface area contributed by atoms with E-state index in [1.165, 1.54) is 0 Å². The van der Waals surface area contributed by atoms with Gasteiger partial charge in [0.1, 0.15) is 0 Å². The van der Waals surface area contributed by atoms with Crippen LogP contribution in [0.25, 0.3) is 11.1 Å². The third-order valence-corrected chi connectivity index (χ3v) is 1.74. The fourth-order valence-electron chi connectivity index (χ4n) is 1.08. The Kier molecular flexibility index (Phi) is 3.63. The second kappa shape index (κ2) is 4.34. The Labute approximate surface area is 103 Å². The van der Waals surface area contributed by atoms with E-state index in [0.717, 1.165) is 17.0 Å². The summed E-state index contributed by atoms with van der Waals surface area (Å²) in [7, 11) is 0. The summed E-state index contributed by atoms with van der Waals surface area (Å²) in [6, 6.07) is 8.52. The predicted molar refractivity (Wildman–Crippen MR) is 46.9 cm³/mol. The van der Waals surface area contributed by atoms with Crippen molar-refractivity contribution >= 4 is 11.1 Å². The number of benzene rings is 1. The van der Waals surface area contributed by atoms with Gasteiger partial charge in [0, 0.05) is 44.2 Å². The van der Waals surface area contributed by atoms with E-state index in [9.17, 15) is 0 Å². The van der Waals surface area contributed by atoms with Crippen LogP contribution < -0.4 is 0 Å². The first-order chi connectivity index (χ1) is 5.77. The molecule has 0 amide bonds. The first-order valence-corrected chi connectivity index (χ1v) is 4.04. The van der Waals surface area contributed by atoms with Gasteiger partial charge >= 0.3 is 0 Å². The number of aromatic nitrogens is 1. The summed E-state index contributed by atoms with van der Waals surface area (Å²) in [5.41, 5.74) is 1.73. The molecule has 0 saturated carbocycles. The van der Waals surface area contributed by atoms with Crippen molar-refractivity contribution in [1.29, 1.82) is 0 Å². The topological polar surface area (TPSA) is 26.0 Å². The molecule has 0 atom stereocenters. The predicted octanol–water partition coefficient (Wildman–Crippen LogP) is 2.75. The molecule has 0 aliphatic heterocycles. The van der Waals surface area contributed by atoms with Gasteiger partial charge in [-0.2, -0.15) is 12.1 Å². The molecule has 0 N–H and O–H groups in total. The molecule has 0 spiro atoms. The van der Waals surface area contributed by atoms with Gasteiger partial charge in [0.25, 0.3) is 0 Å². The molecule has 0 unspecified atom stereocenters. The monoisotopic (exact) mass is 249 g/mol. The number of hydrogen-bond donors (Lipinski definition) is 0. The average molecular weight is 249 g/mol. The van der Waals surface area contributed by atoms with Crippen LogP contribution >= 0.6 is 0 Å². The first kappa shape index (κ1) is 10.9. The zero-order chi connectivity index (χ0) is 8.55. The summed E-state index contributed by atoms with van der Waals surface area (Å²) in [4.78, 5) is 4.33. The summed E-state index contributed by atoms with van der Waals surface area (Å²) in [5, 5.41) is 0. The van der Waals surface area contributed by atoms with Crippen molar-refractivity contribution in [3.8, 4) is 0 Å². The summed E-state index contributed by atoms with van der Waals surface area (Å²) < 4.78 is 5.49. The van der Waals surface area contributed by atoms with Gasteiger partial charge < -0.3 is 4.42 Å². The first-order valence-electron chi connectivity index (χ1n) is 4.04. The minimum absolute atomic E-state index is 0. The number of oxazole rings is 1. The van der Waals surface area contributed by atoms with Crippen molar-refractivity contribution < 1.29 is 37.1 Å². The summed E-state index contributed by atoms with van der Waals surface area (Å²) >= 11 is 0. The van der Waals surface area contributed by atoms with Crippen molar-refractivity contribution in [1.82, 2.24) is 4.98 Å². The third-order valence-electron chi connectivity index (χ3n) is 1.74. The number of fused-ring (bicyclic) bond motifs is 1. The Morgan fingerprint density at radius 3 is 2.85 bits per heavy atom. The molecule has 1 aromatic heterocycles. The fraction of sp³-hybridized carbons (Fsp3) is 0.300. The molecule has 65 valence electrons. The van der Waals surface area contributed by atoms with Crippen molar-refractivity contribution in [2.24, 2.45) is 0 Å². The molecular weight excluding hydrogens is 239 g/mol. The average Bonchev–Trinajstić information content (AvgIpc) is 2.46. The molecule has 0 bridgehead atoms. The standard InChI is InChI=1S/C10H10NO.Y/c1-7(2)10-11-8-5-3-4-6-9(8)12-10;/h3,5-7H,1-2H3;/q-1;. The van der Waals surface area contributed by atoms with E-state index in [1.54, 1.807) is 0 Å². The summed E-state index contributed by atoms with van der Waals surface area (Å²) in [6.07, 6.45) is 0. The van der Waals surface area contributed by atoms with Gasteiger partial charge in [-0.25, -0.2) is 4.98 Å². The van der Waals surface area contributed by atoms with Gasteiger partial charge in [0.2, 0.25) is 0 Å². The minimum atomic E-state index is 0. The summed E-state index contributed by atoms with van der Waals surface area (Å²) in [5.74, 6) is 1.14. The minimum Gasteiger partial charge on any atom is -0.503 e. The molecule has 2 aromatic rings. The molecule has 0 fully saturated rings. The number of nitrogens with zero attached hydrogens (tertiary/aromatic N) is 1. The van der Waals surface area contributed by atoms with Crippen molar-refractivity contribution in [3.05, 3.63) is 30.2 Å². The second-order valence-corrected chi connectivity index (χ2v) is 3.10. The molecule has 0 aliphatic rings. The van der Waals surface area contributed by atoms with Gasteiger partial charge in [0.15, 0.2) is 5.89 Å². The molecular formula is C10H10NOY-. The smallest absolute Gasteiger partial charge is 0.182 e. The largest absolute Gasteiger partial charge is 0.503 e. The molecule has 0 saturated heterocycles. The van der Waals surface area contributed by atoms with Gasteiger partial charge in [0.05, 0.1) is 0 Å². The molecule has 0 aliphatic carbocycles. The van der Waals surface area contributed by atoms with E-state index in [0.29, 0.717) is 5.92 Å². The van der Waals surface area contributed by atoms with Crippen LogP contribution in [0.1, 0.15) is 25.7 Å². The van der Waals surface area contributed by atoms with Crippen molar-refractivity contribution in [2.75, 3.05) is 0 Å². The van der Waals surface area contributed by atoms with E-state index in [4.69, 9.17) is 4.42 Å². The Morgan fingerprint density at radius 1 is 1.46 bits per heavy atom. The maximum atomic E-state index is 5.49. The van der Waals surface area contributed by atoms with E-state index >= 15 is 0 Å². The fourth-order valence-corrected chi connectivity index (χ4v) is 1.08. The van der Waals surface area contributed by atoms with Crippen molar-refractivity contribution in [3.63, 3.8) is 0 Å². The zero-order valence-electron chi connectivity index (χ0n) is 7.74. The Morgan fingerprint density at radius 2 is 2.23 bits per heavy atom. The van der Waals surface area contributed by atoms with Gasteiger partial charge in [-0.15, -0.1) is 12.1 Å². The van der Waals surface area contributed by atoms with Crippen LogP contribution in [0.3, 0.4) is 0 Å². The van der Waals surface area contributed by atoms with Crippen LogP contribution in [0.4, 0.5) is 0 Å². The molecule has 1 heterocycles. The zero-order valence-corrected chi connectivity index (χ0v) is 10.6. The van der Waals surface area contributed by atoms with Crippen LogP contribution in [0.2, 0.25) is 0 Å². The molecule has 13 heavy (non-hydrogen) atoms. The maximum Gasteiger partial charge on any atom is 0.182 e. The van der Waals surface area contributed by atoms with Gasteiger partial charge in [-0.3, -0.25) is 0 Å². The Bertz CT molecular complexity index is 361. The molecule has 2 rings (SSSR count). The van der Waals surface area contributed by atoms with E-state index in [2.05, 4.69) is 24.9 Å². The third kappa shape index (κ3) is 2.18. The quantitative estimate of drug-likeness (QED) is 0.726. The van der Waals surface area contributed by atoms with Crippen LogP contribution in [0.5, 0.6) is 0 Å². The molecule has 1 radical (unpaired) electrons. The second-order valence-electron chi connectivity index (χ2n) is 3.10. The maximum absolute atomic E-state index is 5.49. The number of rotatable bonds is 1. The van der Waals surface area contributed by atoms with E-state index < -0.39 is 0 Å². The van der Waals surface area contributed by atoms with E-state index in [-0.39, 0.29) is 32.7 Å². The Hall–Kier alpha value is -0.206. The molecule has 3 heteroatoms.